The minimum absolute atomic E-state index is 0.355. The highest BCUT2D eigenvalue weighted by Gasteiger charge is 2.16. The average Bonchev–Trinajstić information content (AvgIpc) is 2.43. The first-order valence-corrected chi connectivity index (χ1v) is 7.31. The molecule has 0 saturated heterocycles. The average molecular weight is 290 g/mol. The van der Waals surface area contributed by atoms with Gasteiger partial charge < -0.3 is 15.6 Å². The Hall–Kier alpha value is -1.54. The van der Waals surface area contributed by atoms with Crippen LogP contribution in [0.1, 0.15) is 26.3 Å². The van der Waals surface area contributed by atoms with Crippen molar-refractivity contribution < 1.29 is 9.84 Å². The summed E-state index contributed by atoms with van der Waals surface area (Å²) < 4.78 is 5.75. The second kappa shape index (κ2) is 8.68. The quantitative estimate of drug-likeness (QED) is 0.747. The maximum Gasteiger partial charge on any atom is 0.120 e. The summed E-state index contributed by atoms with van der Waals surface area (Å²) in [6, 6.07) is 7.68. The summed E-state index contributed by atoms with van der Waals surface area (Å²) >= 11 is 0. The molecule has 0 amide bonds. The molecule has 0 bridgehead atoms. The minimum atomic E-state index is -0.687. The molecule has 0 spiro atoms. The van der Waals surface area contributed by atoms with Gasteiger partial charge in [0.25, 0.3) is 0 Å². The number of hydrogen-bond acceptors (Lipinski definition) is 4. The fourth-order valence-corrected chi connectivity index (χ4v) is 2.01. The lowest BCUT2D eigenvalue weighted by Crippen LogP contribution is -2.40. The number of rotatable bonds is 7. The van der Waals surface area contributed by atoms with Gasteiger partial charge in [0.15, 0.2) is 0 Å². The Morgan fingerprint density at radius 1 is 1.38 bits per heavy atom. The third kappa shape index (κ3) is 7.72. The second-order valence-electron chi connectivity index (χ2n) is 5.56. The van der Waals surface area contributed by atoms with E-state index in [1.165, 1.54) is 0 Å². The van der Waals surface area contributed by atoms with E-state index < -0.39 is 5.60 Å². The molecule has 0 fully saturated rings. The zero-order valence-electron chi connectivity index (χ0n) is 13.2. The van der Waals surface area contributed by atoms with Crippen LogP contribution >= 0.6 is 0 Å². The number of nitrogens with zero attached hydrogens (tertiary/aromatic N) is 1. The van der Waals surface area contributed by atoms with E-state index >= 15 is 0 Å². The molecule has 1 rings (SSSR count). The zero-order valence-corrected chi connectivity index (χ0v) is 13.2. The van der Waals surface area contributed by atoms with E-state index in [4.69, 9.17) is 10.5 Å². The lowest BCUT2D eigenvalue weighted by molar-refractivity contribution is 0.0340. The van der Waals surface area contributed by atoms with Crippen molar-refractivity contribution in [3.05, 3.63) is 29.8 Å². The summed E-state index contributed by atoms with van der Waals surface area (Å²) in [6.45, 7) is 8.94. The molecular formula is C17H26N2O2. The highest BCUT2D eigenvalue weighted by atomic mass is 16.5. The Balaban J connectivity index is 2.48. The highest BCUT2D eigenvalue weighted by molar-refractivity contribution is 5.39. The maximum atomic E-state index is 9.85. The lowest BCUT2D eigenvalue weighted by atomic mass is 10.1. The van der Waals surface area contributed by atoms with Crippen LogP contribution in [0.15, 0.2) is 24.3 Å². The molecule has 4 nitrogen and oxygen atoms in total. The maximum absolute atomic E-state index is 9.85. The topological polar surface area (TPSA) is 58.7 Å². The molecule has 0 aliphatic heterocycles. The van der Waals surface area contributed by atoms with Gasteiger partial charge >= 0.3 is 0 Å². The van der Waals surface area contributed by atoms with Gasteiger partial charge in [-0.2, -0.15) is 0 Å². The predicted octanol–water partition coefficient (Wildman–Crippen LogP) is 1.47. The predicted molar refractivity (Wildman–Crippen MR) is 86.3 cm³/mol. The fraction of sp³-hybridized carbons (Fsp3) is 0.529. The van der Waals surface area contributed by atoms with E-state index in [2.05, 4.69) is 23.7 Å². The van der Waals surface area contributed by atoms with Crippen LogP contribution in [0.5, 0.6) is 5.75 Å². The first-order valence-electron chi connectivity index (χ1n) is 7.31. The second-order valence-corrected chi connectivity index (χ2v) is 5.56. The first-order chi connectivity index (χ1) is 9.94. The van der Waals surface area contributed by atoms with Crippen LogP contribution < -0.4 is 10.5 Å². The van der Waals surface area contributed by atoms with Gasteiger partial charge in [0.1, 0.15) is 12.4 Å². The molecule has 0 atom stereocenters. The Morgan fingerprint density at radius 3 is 2.76 bits per heavy atom. The van der Waals surface area contributed by atoms with Crippen LogP contribution in [0.2, 0.25) is 0 Å². The summed E-state index contributed by atoms with van der Waals surface area (Å²) in [6.07, 6.45) is 0. The first kappa shape index (κ1) is 17.5. The summed E-state index contributed by atoms with van der Waals surface area (Å²) in [5.41, 5.74) is 5.58. The molecule has 1 aromatic rings. The molecule has 0 saturated carbocycles. The van der Waals surface area contributed by atoms with E-state index in [0.29, 0.717) is 19.7 Å². The standard InChI is InChI=1S/C17H26N2O2/c1-4-19(14-17(2,3)20)11-12-21-16-9-5-7-15(13-16)8-6-10-18/h5,7,9,13,20H,4,10-12,14,18H2,1-3H3. The molecule has 0 radical (unpaired) electrons. The van der Waals surface area contributed by atoms with Crippen LogP contribution in [0, 0.1) is 11.8 Å². The monoisotopic (exact) mass is 290 g/mol. The number of benzene rings is 1. The summed E-state index contributed by atoms with van der Waals surface area (Å²) in [5.74, 6) is 6.62. The number of nitrogens with two attached hydrogens (primary N) is 1. The SMILES string of the molecule is CCN(CCOc1cccc(C#CCN)c1)CC(C)(C)O. The van der Waals surface area contributed by atoms with Crippen LogP contribution in [0.4, 0.5) is 0 Å². The minimum Gasteiger partial charge on any atom is -0.492 e. The smallest absolute Gasteiger partial charge is 0.120 e. The molecular weight excluding hydrogens is 264 g/mol. The molecule has 21 heavy (non-hydrogen) atoms. The molecule has 0 aliphatic carbocycles. The molecule has 4 heteroatoms. The zero-order chi connectivity index (χ0) is 15.7. The fourth-order valence-electron chi connectivity index (χ4n) is 2.01. The third-order valence-electron chi connectivity index (χ3n) is 2.90. The van der Waals surface area contributed by atoms with Crippen molar-refractivity contribution in [1.82, 2.24) is 4.90 Å². The van der Waals surface area contributed by atoms with Crippen molar-refractivity contribution >= 4 is 0 Å². The number of likely N-dealkylation sites (N-methyl/N-ethyl adjacent to an activating group) is 1. The Morgan fingerprint density at radius 2 is 2.14 bits per heavy atom. The van der Waals surface area contributed by atoms with Crippen LogP contribution in [-0.2, 0) is 0 Å². The molecule has 0 aliphatic rings. The van der Waals surface area contributed by atoms with Gasteiger partial charge in [-0.05, 0) is 38.6 Å². The van der Waals surface area contributed by atoms with Crippen molar-refractivity contribution in [2.24, 2.45) is 5.73 Å². The van der Waals surface area contributed by atoms with Gasteiger partial charge in [-0.15, -0.1) is 0 Å². The molecule has 0 aromatic heterocycles. The van der Waals surface area contributed by atoms with Crippen LogP contribution in [-0.4, -0.2) is 48.4 Å². The van der Waals surface area contributed by atoms with Crippen molar-refractivity contribution in [3.8, 4) is 17.6 Å². The molecule has 116 valence electrons. The van der Waals surface area contributed by atoms with E-state index in [1.807, 2.05) is 38.1 Å². The van der Waals surface area contributed by atoms with Crippen LogP contribution in [0.25, 0.3) is 0 Å². The van der Waals surface area contributed by atoms with Crippen molar-refractivity contribution in [1.29, 1.82) is 0 Å². The van der Waals surface area contributed by atoms with Gasteiger partial charge in [0.2, 0.25) is 0 Å². The highest BCUT2D eigenvalue weighted by Crippen LogP contribution is 2.13. The van der Waals surface area contributed by atoms with E-state index in [0.717, 1.165) is 24.4 Å². The van der Waals surface area contributed by atoms with Gasteiger partial charge in [-0.1, -0.05) is 24.8 Å². The van der Waals surface area contributed by atoms with E-state index in [1.54, 1.807) is 0 Å². The van der Waals surface area contributed by atoms with Gasteiger partial charge in [-0.3, -0.25) is 4.90 Å². The number of hydrogen-bond donors (Lipinski definition) is 2. The Bertz CT molecular complexity index is 484. The summed E-state index contributed by atoms with van der Waals surface area (Å²) in [7, 11) is 0. The Labute approximate surface area is 127 Å². The van der Waals surface area contributed by atoms with Gasteiger partial charge in [-0.25, -0.2) is 0 Å². The van der Waals surface area contributed by atoms with Crippen molar-refractivity contribution in [2.45, 2.75) is 26.4 Å². The van der Waals surface area contributed by atoms with Gasteiger partial charge in [0, 0.05) is 18.7 Å². The molecule has 1 aromatic carbocycles. The normalized spacial score (nSPS) is 11.1. The van der Waals surface area contributed by atoms with Gasteiger partial charge in [0.05, 0.1) is 12.1 Å². The van der Waals surface area contributed by atoms with Crippen LogP contribution in [0.3, 0.4) is 0 Å². The lowest BCUT2D eigenvalue weighted by Gasteiger charge is -2.27. The largest absolute Gasteiger partial charge is 0.492 e. The molecule has 0 heterocycles. The van der Waals surface area contributed by atoms with Crippen molar-refractivity contribution in [2.75, 3.05) is 32.8 Å². The van der Waals surface area contributed by atoms with E-state index in [-0.39, 0.29) is 0 Å². The number of aliphatic hydroxyl groups is 1. The summed E-state index contributed by atoms with van der Waals surface area (Å²) in [4.78, 5) is 2.16. The van der Waals surface area contributed by atoms with Crippen molar-refractivity contribution in [3.63, 3.8) is 0 Å². The third-order valence-corrected chi connectivity index (χ3v) is 2.90. The Kier molecular flexibility index (Phi) is 7.24. The summed E-state index contributed by atoms with van der Waals surface area (Å²) in [5, 5.41) is 9.85. The van der Waals surface area contributed by atoms with E-state index in [9.17, 15) is 5.11 Å². The molecule has 3 N–H and O–H groups in total. The number of ether oxygens (including phenoxy) is 1. The molecule has 0 unspecified atom stereocenters.